The van der Waals surface area contributed by atoms with Crippen molar-refractivity contribution in [3.05, 3.63) is 33.9 Å². The first-order valence-corrected chi connectivity index (χ1v) is 9.04. The molecule has 3 N–H and O–H groups in total. The van der Waals surface area contributed by atoms with E-state index in [1.807, 2.05) is 6.92 Å². The van der Waals surface area contributed by atoms with Crippen molar-refractivity contribution < 1.29 is 13.9 Å². The lowest BCUT2D eigenvalue weighted by atomic mass is 9.94. The maximum Gasteiger partial charge on any atom is 0.270 e. The van der Waals surface area contributed by atoms with Crippen LogP contribution < -0.4 is 11.1 Å². The monoisotopic (exact) mass is 339 g/mol. The largest absolute Gasteiger partial charge is 0.398 e. The molecule has 1 aromatic rings. The van der Waals surface area contributed by atoms with E-state index in [2.05, 4.69) is 5.32 Å². The number of non-ortho nitro benzene ring substituents is 1. The Balaban J connectivity index is 2.18. The van der Waals surface area contributed by atoms with Gasteiger partial charge in [-0.05, 0) is 18.9 Å². The molecule has 0 heterocycles. The number of nitrogens with two attached hydrogens (primary N) is 1. The van der Waals surface area contributed by atoms with Gasteiger partial charge < -0.3 is 11.1 Å². The SMILES string of the molecule is CC[S@](=O)[C@@H]1CCCC[C@@H]1NC(=O)c1cc([N+](=O)[O-])ccc1N. The van der Waals surface area contributed by atoms with Gasteiger partial charge in [0.25, 0.3) is 11.6 Å². The van der Waals surface area contributed by atoms with Crippen LogP contribution in [0, 0.1) is 10.1 Å². The van der Waals surface area contributed by atoms with Gasteiger partial charge in [-0.2, -0.15) is 0 Å². The van der Waals surface area contributed by atoms with Gasteiger partial charge in [-0.15, -0.1) is 0 Å². The van der Waals surface area contributed by atoms with Crippen LogP contribution in [-0.4, -0.2) is 32.1 Å². The average molecular weight is 339 g/mol. The van der Waals surface area contributed by atoms with E-state index in [0.29, 0.717) is 5.75 Å². The summed E-state index contributed by atoms with van der Waals surface area (Å²) in [5.74, 6) is 0.104. The third-order valence-corrected chi connectivity index (χ3v) is 5.94. The summed E-state index contributed by atoms with van der Waals surface area (Å²) in [6.45, 7) is 1.86. The predicted molar refractivity (Wildman–Crippen MR) is 89.7 cm³/mol. The van der Waals surface area contributed by atoms with Gasteiger partial charge in [0.1, 0.15) is 0 Å². The Labute approximate surface area is 137 Å². The molecule has 1 amide bonds. The van der Waals surface area contributed by atoms with Gasteiger partial charge in [-0.1, -0.05) is 19.8 Å². The lowest BCUT2D eigenvalue weighted by Gasteiger charge is -2.31. The summed E-state index contributed by atoms with van der Waals surface area (Å²) in [7, 11) is -0.988. The normalized spacial score (nSPS) is 22.3. The van der Waals surface area contributed by atoms with Crippen LogP contribution in [0.5, 0.6) is 0 Å². The summed E-state index contributed by atoms with van der Waals surface area (Å²) >= 11 is 0. The van der Waals surface area contributed by atoms with Crippen LogP contribution in [0.4, 0.5) is 11.4 Å². The van der Waals surface area contributed by atoms with Gasteiger partial charge in [0.05, 0.1) is 15.7 Å². The quantitative estimate of drug-likeness (QED) is 0.483. The Bertz CT molecular complexity index is 635. The number of nitrogens with zero attached hydrogens (tertiary/aromatic N) is 1. The molecule has 0 aliphatic heterocycles. The zero-order chi connectivity index (χ0) is 17.0. The molecule has 0 unspecified atom stereocenters. The molecule has 1 aliphatic carbocycles. The van der Waals surface area contributed by atoms with E-state index in [-0.39, 0.29) is 28.2 Å². The fraction of sp³-hybridized carbons (Fsp3) is 0.533. The predicted octanol–water partition coefficient (Wildman–Crippen LogP) is 1.99. The summed E-state index contributed by atoms with van der Waals surface area (Å²) in [5, 5.41) is 13.7. The van der Waals surface area contributed by atoms with E-state index in [9.17, 15) is 19.1 Å². The number of rotatable bonds is 5. The van der Waals surface area contributed by atoms with Gasteiger partial charge >= 0.3 is 0 Å². The van der Waals surface area contributed by atoms with Crippen LogP contribution in [0.25, 0.3) is 0 Å². The van der Waals surface area contributed by atoms with Crippen LogP contribution in [0.2, 0.25) is 0 Å². The number of nitrogens with one attached hydrogen (secondary N) is 1. The standard InChI is InChI=1S/C15H21N3O4S/c1-2-23(22)14-6-4-3-5-13(14)17-15(19)11-9-10(18(20)21)7-8-12(11)16/h7-9,13-14H,2-6,16H2,1H3,(H,17,19)/t13-,14+,23-/m0/s1. The topological polar surface area (TPSA) is 115 Å². The Morgan fingerprint density at radius 3 is 2.78 bits per heavy atom. The Morgan fingerprint density at radius 1 is 1.43 bits per heavy atom. The third-order valence-electron chi connectivity index (χ3n) is 4.13. The number of anilines is 1. The summed E-state index contributed by atoms with van der Waals surface area (Å²) < 4.78 is 12.2. The Kier molecular flexibility index (Phi) is 5.70. The Morgan fingerprint density at radius 2 is 2.13 bits per heavy atom. The molecule has 1 fully saturated rings. The summed E-state index contributed by atoms with van der Waals surface area (Å²) in [4.78, 5) is 22.7. The average Bonchev–Trinajstić information content (AvgIpc) is 2.54. The summed E-state index contributed by atoms with van der Waals surface area (Å²) in [5.41, 5.74) is 5.87. The maximum atomic E-state index is 12.5. The van der Waals surface area contributed by atoms with Crippen LogP contribution >= 0.6 is 0 Å². The number of hydrogen-bond donors (Lipinski definition) is 2. The fourth-order valence-electron chi connectivity index (χ4n) is 2.89. The molecule has 1 saturated carbocycles. The van der Waals surface area contributed by atoms with Crippen LogP contribution in [0.3, 0.4) is 0 Å². The second-order valence-electron chi connectivity index (χ2n) is 5.60. The molecule has 8 heteroatoms. The summed E-state index contributed by atoms with van der Waals surface area (Å²) in [6, 6.07) is 3.62. The first kappa shape index (κ1) is 17.4. The van der Waals surface area contributed by atoms with Gasteiger partial charge in [-0.25, -0.2) is 0 Å². The van der Waals surface area contributed by atoms with Crippen molar-refractivity contribution in [2.24, 2.45) is 0 Å². The molecule has 3 atom stereocenters. The molecule has 2 rings (SSSR count). The van der Waals surface area contributed by atoms with Crippen LogP contribution in [0.15, 0.2) is 18.2 Å². The van der Waals surface area contributed by atoms with Crippen molar-refractivity contribution in [2.45, 2.75) is 43.9 Å². The van der Waals surface area contributed by atoms with Gasteiger partial charge in [-0.3, -0.25) is 19.1 Å². The highest BCUT2D eigenvalue weighted by Crippen LogP contribution is 2.25. The number of nitrogen functional groups attached to an aromatic ring is 1. The van der Waals surface area contributed by atoms with E-state index in [1.165, 1.54) is 18.2 Å². The Hall–Kier alpha value is -1.96. The minimum atomic E-state index is -0.988. The smallest absolute Gasteiger partial charge is 0.270 e. The second kappa shape index (κ2) is 7.54. The number of benzene rings is 1. The van der Waals surface area contributed by atoms with E-state index < -0.39 is 21.6 Å². The zero-order valence-electron chi connectivity index (χ0n) is 13.0. The second-order valence-corrected chi connectivity index (χ2v) is 7.55. The molecule has 1 aliphatic rings. The number of carbonyl (C=O) groups is 1. The van der Waals surface area contributed by atoms with Crippen molar-refractivity contribution >= 4 is 28.1 Å². The maximum absolute atomic E-state index is 12.5. The summed E-state index contributed by atoms with van der Waals surface area (Å²) in [6.07, 6.45) is 3.54. The minimum absolute atomic E-state index is 0.0716. The van der Waals surface area contributed by atoms with E-state index in [1.54, 1.807) is 0 Å². The number of nitro groups is 1. The molecule has 126 valence electrons. The van der Waals surface area contributed by atoms with E-state index >= 15 is 0 Å². The van der Waals surface area contributed by atoms with E-state index in [0.717, 1.165) is 25.7 Å². The molecule has 0 spiro atoms. The third kappa shape index (κ3) is 4.07. The van der Waals surface area contributed by atoms with Gasteiger partial charge in [0.15, 0.2) is 0 Å². The van der Waals surface area contributed by atoms with Crippen molar-refractivity contribution in [3.8, 4) is 0 Å². The minimum Gasteiger partial charge on any atom is -0.398 e. The number of amides is 1. The number of hydrogen-bond acceptors (Lipinski definition) is 5. The lowest BCUT2D eigenvalue weighted by molar-refractivity contribution is -0.384. The fourth-order valence-corrected chi connectivity index (χ4v) is 4.32. The van der Waals surface area contributed by atoms with Crippen molar-refractivity contribution in [2.75, 3.05) is 11.5 Å². The molecule has 1 aromatic carbocycles. The highest BCUT2D eigenvalue weighted by atomic mass is 32.2. The molecular weight excluding hydrogens is 318 g/mol. The zero-order valence-corrected chi connectivity index (χ0v) is 13.8. The van der Waals surface area contributed by atoms with Gasteiger partial charge in [0.2, 0.25) is 0 Å². The molecule has 23 heavy (non-hydrogen) atoms. The van der Waals surface area contributed by atoms with Crippen LogP contribution in [-0.2, 0) is 10.8 Å². The molecule has 0 saturated heterocycles. The van der Waals surface area contributed by atoms with E-state index in [4.69, 9.17) is 5.73 Å². The van der Waals surface area contributed by atoms with Crippen molar-refractivity contribution in [3.63, 3.8) is 0 Å². The number of carbonyl (C=O) groups excluding carboxylic acids is 1. The first-order chi connectivity index (χ1) is 10.9. The molecule has 0 bridgehead atoms. The molecular formula is C15H21N3O4S. The highest BCUT2D eigenvalue weighted by Gasteiger charge is 2.31. The first-order valence-electron chi connectivity index (χ1n) is 7.66. The lowest BCUT2D eigenvalue weighted by Crippen LogP contribution is -2.47. The highest BCUT2D eigenvalue weighted by molar-refractivity contribution is 7.85. The van der Waals surface area contributed by atoms with Crippen molar-refractivity contribution in [1.82, 2.24) is 5.32 Å². The molecule has 0 radical (unpaired) electrons. The number of nitro benzene ring substituents is 1. The van der Waals surface area contributed by atoms with Crippen molar-refractivity contribution in [1.29, 1.82) is 0 Å². The molecule has 7 nitrogen and oxygen atoms in total. The molecule has 0 aromatic heterocycles. The van der Waals surface area contributed by atoms with Crippen LogP contribution in [0.1, 0.15) is 43.0 Å². The van der Waals surface area contributed by atoms with Gasteiger partial charge in [0, 0.05) is 40.4 Å².